The van der Waals surface area contributed by atoms with Gasteiger partial charge in [-0.15, -0.1) is 0 Å². The van der Waals surface area contributed by atoms with Gasteiger partial charge in [0.2, 0.25) is 0 Å². The fourth-order valence-corrected chi connectivity index (χ4v) is 2.34. The molecule has 3 heteroatoms. The third kappa shape index (κ3) is 2.00. The fraction of sp³-hybridized carbons (Fsp3) is 0.538. The Morgan fingerprint density at radius 3 is 2.94 bits per heavy atom. The number of anilines is 1. The molecule has 0 spiro atoms. The van der Waals surface area contributed by atoms with E-state index in [1.54, 1.807) is 0 Å². The van der Waals surface area contributed by atoms with E-state index >= 15 is 0 Å². The highest BCUT2D eigenvalue weighted by Crippen LogP contribution is 2.36. The predicted molar refractivity (Wildman–Crippen MR) is 67.1 cm³/mol. The highest BCUT2D eigenvalue weighted by Gasteiger charge is 2.20. The Bertz CT molecular complexity index is 376. The second-order valence-electron chi connectivity index (χ2n) is 4.49. The standard InChI is InChI=1S/C13H20N2O/c1-15-9-7-11-12(15)6-5-10(13(11)16)4-2-3-8-14/h5-6,16H,2-4,7-9,14H2,1H3. The number of aromatic hydroxyl groups is 1. The van der Waals surface area contributed by atoms with Crippen LogP contribution in [0.2, 0.25) is 0 Å². The van der Waals surface area contributed by atoms with E-state index in [2.05, 4.69) is 18.0 Å². The van der Waals surface area contributed by atoms with Crippen LogP contribution >= 0.6 is 0 Å². The van der Waals surface area contributed by atoms with Crippen LogP contribution in [0.3, 0.4) is 0 Å². The number of aryl methyl sites for hydroxylation is 1. The van der Waals surface area contributed by atoms with E-state index in [0.717, 1.165) is 49.9 Å². The van der Waals surface area contributed by atoms with Gasteiger partial charge in [-0.25, -0.2) is 0 Å². The molecule has 88 valence electrons. The second-order valence-corrected chi connectivity index (χ2v) is 4.49. The van der Waals surface area contributed by atoms with Crippen molar-refractivity contribution in [2.45, 2.75) is 25.7 Å². The lowest BCUT2D eigenvalue weighted by atomic mass is 10.0. The number of benzene rings is 1. The zero-order chi connectivity index (χ0) is 11.5. The minimum Gasteiger partial charge on any atom is -0.507 e. The topological polar surface area (TPSA) is 49.5 Å². The lowest BCUT2D eigenvalue weighted by Crippen LogP contribution is -2.12. The average Bonchev–Trinajstić information content (AvgIpc) is 2.65. The number of nitrogens with zero attached hydrogens (tertiary/aromatic N) is 1. The molecule has 0 saturated carbocycles. The van der Waals surface area contributed by atoms with E-state index in [1.165, 1.54) is 5.69 Å². The van der Waals surface area contributed by atoms with Gasteiger partial charge in [-0.1, -0.05) is 6.07 Å². The summed E-state index contributed by atoms with van der Waals surface area (Å²) in [5.74, 6) is 0.513. The van der Waals surface area contributed by atoms with E-state index in [9.17, 15) is 5.11 Å². The molecule has 1 aromatic rings. The molecule has 3 N–H and O–H groups in total. The number of hydrogen-bond donors (Lipinski definition) is 2. The third-order valence-corrected chi connectivity index (χ3v) is 3.35. The maximum Gasteiger partial charge on any atom is 0.124 e. The van der Waals surface area contributed by atoms with Crippen molar-refractivity contribution >= 4 is 5.69 Å². The summed E-state index contributed by atoms with van der Waals surface area (Å²) in [5.41, 5.74) is 8.84. The fourth-order valence-electron chi connectivity index (χ4n) is 2.34. The Labute approximate surface area is 96.9 Å². The Balaban J connectivity index is 2.16. The SMILES string of the molecule is CN1CCc2c1ccc(CCCCN)c2O. The minimum absolute atomic E-state index is 0.513. The molecule has 0 radical (unpaired) electrons. The summed E-state index contributed by atoms with van der Waals surface area (Å²) in [7, 11) is 2.07. The quantitative estimate of drug-likeness (QED) is 0.759. The van der Waals surface area contributed by atoms with Crippen LogP contribution in [0.1, 0.15) is 24.0 Å². The van der Waals surface area contributed by atoms with Gasteiger partial charge >= 0.3 is 0 Å². The first kappa shape index (κ1) is 11.3. The summed E-state index contributed by atoms with van der Waals surface area (Å²) >= 11 is 0. The molecule has 0 bridgehead atoms. The number of nitrogens with two attached hydrogens (primary N) is 1. The molecule has 1 heterocycles. The lowest BCUT2D eigenvalue weighted by molar-refractivity contribution is 0.461. The maximum absolute atomic E-state index is 10.2. The summed E-state index contributed by atoms with van der Waals surface area (Å²) in [6.07, 6.45) is 3.97. The van der Waals surface area contributed by atoms with Crippen molar-refractivity contribution in [1.82, 2.24) is 0 Å². The van der Waals surface area contributed by atoms with Crippen molar-refractivity contribution in [3.8, 4) is 5.75 Å². The van der Waals surface area contributed by atoms with Gasteiger partial charge in [-0.3, -0.25) is 0 Å². The van der Waals surface area contributed by atoms with Gasteiger partial charge in [0.05, 0.1) is 0 Å². The van der Waals surface area contributed by atoms with Crippen molar-refractivity contribution in [2.75, 3.05) is 25.0 Å². The van der Waals surface area contributed by atoms with Crippen LogP contribution in [0, 0.1) is 0 Å². The molecule has 1 aliphatic rings. The molecule has 0 aliphatic carbocycles. The predicted octanol–water partition coefficient (Wildman–Crippen LogP) is 1.67. The van der Waals surface area contributed by atoms with E-state index in [-0.39, 0.29) is 0 Å². The van der Waals surface area contributed by atoms with E-state index in [4.69, 9.17) is 5.73 Å². The number of fused-ring (bicyclic) bond motifs is 1. The summed E-state index contributed by atoms with van der Waals surface area (Å²) in [4.78, 5) is 2.19. The van der Waals surface area contributed by atoms with Gasteiger partial charge < -0.3 is 15.7 Å². The van der Waals surface area contributed by atoms with Crippen LogP contribution in [0.4, 0.5) is 5.69 Å². The molecule has 3 nitrogen and oxygen atoms in total. The van der Waals surface area contributed by atoms with E-state index in [1.807, 2.05) is 6.07 Å². The van der Waals surface area contributed by atoms with Crippen LogP contribution in [0.25, 0.3) is 0 Å². The maximum atomic E-state index is 10.2. The molecule has 1 aliphatic heterocycles. The van der Waals surface area contributed by atoms with Crippen LogP contribution < -0.4 is 10.6 Å². The number of unbranched alkanes of at least 4 members (excludes halogenated alkanes) is 1. The Morgan fingerprint density at radius 2 is 2.19 bits per heavy atom. The van der Waals surface area contributed by atoms with Gasteiger partial charge in [0.15, 0.2) is 0 Å². The van der Waals surface area contributed by atoms with Crippen molar-refractivity contribution in [2.24, 2.45) is 5.73 Å². The zero-order valence-corrected chi connectivity index (χ0v) is 9.87. The molecule has 0 aromatic heterocycles. The Morgan fingerprint density at radius 1 is 1.38 bits per heavy atom. The zero-order valence-electron chi connectivity index (χ0n) is 9.87. The molecule has 0 atom stereocenters. The number of hydrogen-bond acceptors (Lipinski definition) is 3. The number of likely N-dealkylation sites (N-methyl/N-ethyl adjacent to an activating group) is 1. The van der Waals surface area contributed by atoms with Crippen molar-refractivity contribution in [3.63, 3.8) is 0 Å². The normalized spacial score (nSPS) is 14.2. The third-order valence-electron chi connectivity index (χ3n) is 3.35. The number of rotatable bonds is 4. The monoisotopic (exact) mass is 220 g/mol. The average molecular weight is 220 g/mol. The van der Waals surface area contributed by atoms with Gasteiger partial charge in [0.1, 0.15) is 5.75 Å². The Kier molecular flexibility index (Phi) is 3.34. The number of phenols is 1. The lowest BCUT2D eigenvalue weighted by Gasteiger charge is -2.13. The molecule has 0 amide bonds. The first-order valence-corrected chi connectivity index (χ1v) is 5.99. The second kappa shape index (κ2) is 4.74. The summed E-state index contributed by atoms with van der Waals surface area (Å²) < 4.78 is 0. The van der Waals surface area contributed by atoms with Gasteiger partial charge in [0, 0.05) is 24.8 Å². The van der Waals surface area contributed by atoms with Gasteiger partial charge in [-0.2, -0.15) is 0 Å². The van der Waals surface area contributed by atoms with Crippen LogP contribution in [0.15, 0.2) is 12.1 Å². The molecular weight excluding hydrogens is 200 g/mol. The van der Waals surface area contributed by atoms with Gasteiger partial charge in [0.25, 0.3) is 0 Å². The molecule has 0 saturated heterocycles. The smallest absolute Gasteiger partial charge is 0.124 e. The molecule has 1 aromatic carbocycles. The number of phenolic OH excluding ortho intramolecular Hbond substituents is 1. The molecule has 0 unspecified atom stereocenters. The van der Waals surface area contributed by atoms with Crippen LogP contribution in [-0.4, -0.2) is 25.2 Å². The van der Waals surface area contributed by atoms with Crippen LogP contribution in [-0.2, 0) is 12.8 Å². The van der Waals surface area contributed by atoms with Gasteiger partial charge in [-0.05, 0) is 43.9 Å². The van der Waals surface area contributed by atoms with Crippen molar-refractivity contribution in [3.05, 3.63) is 23.3 Å². The summed E-state index contributed by atoms with van der Waals surface area (Å²) in [6.45, 7) is 1.74. The Hall–Kier alpha value is -1.22. The van der Waals surface area contributed by atoms with Crippen molar-refractivity contribution in [1.29, 1.82) is 0 Å². The summed E-state index contributed by atoms with van der Waals surface area (Å²) in [6, 6.07) is 4.17. The molecule has 0 fully saturated rings. The van der Waals surface area contributed by atoms with E-state index < -0.39 is 0 Å². The first-order valence-electron chi connectivity index (χ1n) is 5.99. The highest BCUT2D eigenvalue weighted by atomic mass is 16.3. The molecule has 2 rings (SSSR count). The first-order chi connectivity index (χ1) is 7.74. The molecular formula is C13H20N2O. The molecule has 16 heavy (non-hydrogen) atoms. The highest BCUT2D eigenvalue weighted by molar-refractivity contribution is 5.64. The minimum atomic E-state index is 0.513. The van der Waals surface area contributed by atoms with E-state index in [0.29, 0.717) is 5.75 Å². The van der Waals surface area contributed by atoms with Crippen molar-refractivity contribution < 1.29 is 5.11 Å². The summed E-state index contributed by atoms with van der Waals surface area (Å²) in [5, 5.41) is 10.2. The van der Waals surface area contributed by atoms with Crippen LogP contribution in [0.5, 0.6) is 5.75 Å². The largest absolute Gasteiger partial charge is 0.507 e.